The first-order valence-electron chi connectivity index (χ1n) is 11.7. The molecule has 4 rings (SSSR count). The summed E-state index contributed by atoms with van der Waals surface area (Å²) in [6.07, 6.45) is 1.74. The highest BCUT2D eigenvalue weighted by Gasteiger charge is 2.32. The van der Waals surface area contributed by atoms with Crippen LogP contribution in [-0.4, -0.2) is 79.3 Å². The predicted octanol–water partition coefficient (Wildman–Crippen LogP) is 4.10. The number of thioether (sulfide) groups is 1. The van der Waals surface area contributed by atoms with E-state index in [9.17, 15) is 14.4 Å². The molecule has 0 atom stereocenters. The van der Waals surface area contributed by atoms with Crippen LogP contribution in [0.2, 0.25) is 0 Å². The summed E-state index contributed by atoms with van der Waals surface area (Å²) in [5.74, 6) is -0.271. The van der Waals surface area contributed by atoms with Crippen LogP contribution in [0.15, 0.2) is 56.8 Å². The Balaban J connectivity index is 1.56. The molecule has 0 radical (unpaired) electrons. The maximum atomic E-state index is 13.2. The van der Waals surface area contributed by atoms with E-state index in [1.54, 1.807) is 46.2 Å². The fraction of sp³-hybridized carbons (Fsp3) is 0.308. The van der Waals surface area contributed by atoms with Gasteiger partial charge in [-0.15, -0.1) is 0 Å². The third-order valence-electron chi connectivity index (χ3n) is 5.67. The molecule has 0 saturated carbocycles. The Morgan fingerprint density at radius 1 is 1.19 bits per heavy atom. The number of aliphatic imine (C=N–C) groups is 1. The minimum atomic E-state index is -0.459. The Morgan fingerprint density at radius 3 is 2.70 bits per heavy atom. The van der Waals surface area contributed by atoms with Crippen molar-refractivity contribution in [3.8, 4) is 5.75 Å². The number of rotatable bonds is 7. The summed E-state index contributed by atoms with van der Waals surface area (Å²) >= 11 is 4.71. The van der Waals surface area contributed by atoms with Gasteiger partial charge in [0.15, 0.2) is 11.8 Å². The predicted molar refractivity (Wildman–Crippen MR) is 145 cm³/mol. The van der Waals surface area contributed by atoms with Crippen molar-refractivity contribution in [2.24, 2.45) is 4.99 Å². The summed E-state index contributed by atoms with van der Waals surface area (Å²) in [6, 6.07) is 12.1. The number of methoxy groups -OCH3 is 1. The third-order valence-corrected chi connectivity index (χ3v) is 7.17. The summed E-state index contributed by atoms with van der Waals surface area (Å²) in [5, 5.41) is 0.501. The van der Waals surface area contributed by atoms with Gasteiger partial charge in [-0.2, -0.15) is 0 Å². The highest BCUT2D eigenvalue weighted by Crippen LogP contribution is 2.36. The van der Waals surface area contributed by atoms with Crippen LogP contribution in [0.25, 0.3) is 6.08 Å². The Labute approximate surface area is 227 Å². The van der Waals surface area contributed by atoms with E-state index in [0.29, 0.717) is 65.5 Å². The molecule has 37 heavy (non-hydrogen) atoms. The maximum absolute atomic E-state index is 13.2. The molecule has 2 aromatic rings. The monoisotopic (exact) mass is 587 g/mol. The summed E-state index contributed by atoms with van der Waals surface area (Å²) < 4.78 is 16.8. The number of nitrogens with zero attached hydrogens (tertiary/aromatic N) is 3. The SMILES string of the molecule is CCN1C(=O)C(=Cc2cc(Br)ccc2OCC(=O)N2CCOCC2)SC1=Nc1cccc(C(=O)OC)c1. The molecule has 0 unspecified atom stereocenters. The molecule has 9 nitrogen and oxygen atoms in total. The number of hydrogen-bond donors (Lipinski definition) is 0. The number of morpholine rings is 1. The van der Waals surface area contributed by atoms with E-state index in [2.05, 4.69) is 20.9 Å². The number of halogens is 1. The number of carbonyl (C=O) groups is 3. The number of carbonyl (C=O) groups excluding carboxylic acids is 3. The zero-order chi connectivity index (χ0) is 26.4. The number of benzene rings is 2. The first kappa shape index (κ1) is 26.9. The van der Waals surface area contributed by atoms with Gasteiger partial charge in [0, 0.05) is 29.7 Å². The first-order chi connectivity index (χ1) is 17.9. The molecule has 2 heterocycles. The molecular formula is C26H26BrN3O6S. The lowest BCUT2D eigenvalue weighted by Gasteiger charge is -2.26. The molecule has 194 valence electrons. The topological polar surface area (TPSA) is 97.7 Å². The van der Waals surface area contributed by atoms with Crippen LogP contribution in [0.3, 0.4) is 0 Å². The fourth-order valence-corrected chi connectivity index (χ4v) is 5.18. The molecule has 0 aliphatic carbocycles. The van der Waals surface area contributed by atoms with Crippen LogP contribution in [0.1, 0.15) is 22.8 Å². The Morgan fingerprint density at radius 2 is 1.97 bits per heavy atom. The van der Waals surface area contributed by atoms with Crippen molar-refractivity contribution in [2.75, 3.05) is 46.6 Å². The van der Waals surface area contributed by atoms with Gasteiger partial charge in [0.05, 0.1) is 36.5 Å². The lowest BCUT2D eigenvalue weighted by Crippen LogP contribution is -2.43. The van der Waals surface area contributed by atoms with Gasteiger partial charge >= 0.3 is 5.97 Å². The van der Waals surface area contributed by atoms with Gasteiger partial charge in [0.1, 0.15) is 5.75 Å². The van der Waals surface area contributed by atoms with Crippen molar-refractivity contribution in [1.82, 2.24) is 9.80 Å². The summed E-state index contributed by atoms with van der Waals surface area (Å²) in [6.45, 7) is 4.31. The molecule has 2 amide bonds. The number of amides is 2. The average Bonchev–Trinajstić information content (AvgIpc) is 3.21. The van der Waals surface area contributed by atoms with Gasteiger partial charge in [0.2, 0.25) is 0 Å². The van der Waals surface area contributed by atoms with E-state index >= 15 is 0 Å². The Hall–Kier alpha value is -3.15. The average molecular weight is 588 g/mol. The van der Waals surface area contributed by atoms with Crippen molar-refractivity contribution < 1.29 is 28.6 Å². The van der Waals surface area contributed by atoms with E-state index in [1.165, 1.54) is 18.9 Å². The number of amidine groups is 1. The van der Waals surface area contributed by atoms with Gasteiger partial charge < -0.3 is 19.1 Å². The summed E-state index contributed by atoms with van der Waals surface area (Å²) in [7, 11) is 1.32. The molecule has 2 aromatic carbocycles. The van der Waals surface area contributed by atoms with Crippen molar-refractivity contribution in [1.29, 1.82) is 0 Å². The molecule has 0 aromatic heterocycles. The summed E-state index contributed by atoms with van der Waals surface area (Å²) in [5.41, 5.74) is 1.57. The molecule has 2 aliphatic rings. The van der Waals surface area contributed by atoms with Crippen LogP contribution in [0.5, 0.6) is 5.75 Å². The Bertz CT molecular complexity index is 1260. The van der Waals surface area contributed by atoms with Crippen molar-refractivity contribution in [3.05, 3.63) is 63.0 Å². The second kappa shape index (κ2) is 12.4. The van der Waals surface area contributed by atoms with Crippen LogP contribution in [0, 0.1) is 0 Å². The molecular weight excluding hydrogens is 562 g/mol. The molecule has 0 N–H and O–H groups in total. The van der Waals surface area contributed by atoms with E-state index in [0.717, 1.165) is 4.47 Å². The van der Waals surface area contributed by atoms with Gasteiger partial charge in [0.25, 0.3) is 11.8 Å². The standard InChI is InChI=1S/C26H26BrN3O6S/c1-3-30-24(32)22(37-26(30)28-20-6-4-5-17(14-20)25(33)34-2)15-18-13-19(27)7-8-21(18)36-16-23(31)29-9-11-35-12-10-29/h4-8,13-15H,3,9-12,16H2,1-2H3. The zero-order valence-corrected chi connectivity index (χ0v) is 22.8. The minimum Gasteiger partial charge on any atom is -0.483 e. The highest BCUT2D eigenvalue weighted by atomic mass is 79.9. The normalized spacial score (nSPS) is 18.0. The second-order valence-corrected chi connectivity index (χ2v) is 9.99. The van der Waals surface area contributed by atoms with E-state index < -0.39 is 5.97 Å². The lowest BCUT2D eigenvalue weighted by atomic mass is 10.2. The molecule has 2 aliphatic heterocycles. The van der Waals surface area contributed by atoms with Crippen LogP contribution in [0.4, 0.5) is 5.69 Å². The van der Waals surface area contributed by atoms with E-state index in [1.807, 2.05) is 19.1 Å². The van der Waals surface area contributed by atoms with E-state index in [4.69, 9.17) is 14.2 Å². The quantitative estimate of drug-likeness (QED) is 0.355. The molecule has 0 spiro atoms. The van der Waals surface area contributed by atoms with Gasteiger partial charge in [-0.3, -0.25) is 14.5 Å². The van der Waals surface area contributed by atoms with Crippen LogP contribution < -0.4 is 4.74 Å². The van der Waals surface area contributed by atoms with Gasteiger partial charge in [-0.25, -0.2) is 9.79 Å². The van der Waals surface area contributed by atoms with Crippen molar-refractivity contribution >= 4 is 62.4 Å². The van der Waals surface area contributed by atoms with E-state index in [-0.39, 0.29) is 18.4 Å². The number of esters is 1. The number of likely N-dealkylation sites (N-methyl/N-ethyl adjacent to an activating group) is 1. The number of hydrogen-bond acceptors (Lipinski definition) is 8. The Kier molecular flexibility index (Phi) is 9.01. The van der Waals surface area contributed by atoms with Gasteiger partial charge in [-0.05, 0) is 61.2 Å². The smallest absolute Gasteiger partial charge is 0.337 e. The molecule has 0 bridgehead atoms. The number of ether oxygens (including phenoxy) is 3. The summed E-state index contributed by atoms with van der Waals surface area (Å²) in [4.78, 5) is 46.0. The zero-order valence-electron chi connectivity index (χ0n) is 20.4. The van der Waals surface area contributed by atoms with Gasteiger partial charge in [-0.1, -0.05) is 22.0 Å². The molecule has 2 fully saturated rings. The second-order valence-electron chi connectivity index (χ2n) is 8.06. The third kappa shape index (κ3) is 6.60. The highest BCUT2D eigenvalue weighted by molar-refractivity contribution is 9.10. The van der Waals surface area contributed by atoms with Crippen molar-refractivity contribution in [2.45, 2.75) is 6.92 Å². The van der Waals surface area contributed by atoms with Crippen molar-refractivity contribution in [3.63, 3.8) is 0 Å². The molecule has 11 heteroatoms. The minimum absolute atomic E-state index is 0.108. The lowest BCUT2D eigenvalue weighted by molar-refractivity contribution is -0.137. The fourth-order valence-electron chi connectivity index (χ4n) is 3.75. The van der Waals surface area contributed by atoms with Crippen LogP contribution >= 0.6 is 27.7 Å². The maximum Gasteiger partial charge on any atom is 0.337 e. The molecule has 2 saturated heterocycles. The van der Waals surface area contributed by atoms with Crippen LogP contribution in [-0.2, 0) is 19.1 Å². The largest absolute Gasteiger partial charge is 0.483 e. The first-order valence-corrected chi connectivity index (χ1v) is 13.3.